The smallest absolute Gasteiger partial charge is 0.354 e. The van der Waals surface area contributed by atoms with Crippen molar-refractivity contribution >= 4 is 45.0 Å². The van der Waals surface area contributed by atoms with E-state index in [-0.39, 0.29) is 0 Å². The number of aromatic nitrogens is 1. The highest BCUT2D eigenvalue weighted by Gasteiger charge is 2.25. The minimum atomic E-state index is -3.67. The average Bonchev–Trinajstić information content (AvgIpc) is 3.05. The van der Waals surface area contributed by atoms with Crippen LogP contribution in [0.25, 0.3) is 11.1 Å². The zero-order valence-electron chi connectivity index (χ0n) is 16.5. The Morgan fingerprint density at radius 3 is 2.42 bits per heavy atom. The number of hydrogen-bond donors (Lipinski definition) is 2. The Morgan fingerprint density at radius 1 is 1.10 bits per heavy atom. The van der Waals surface area contributed by atoms with Crippen LogP contribution in [0.2, 0.25) is 10.0 Å². The van der Waals surface area contributed by atoms with E-state index in [1.54, 1.807) is 6.20 Å². The van der Waals surface area contributed by atoms with Crippen LogP contribution in [0.1, 0.15) is 27.2 Å². The minimum Gasteiger partial charge on any atom is -0.464 e. The molecule has 0 amide bonds. The number of carbonyl (C=O) groups excluding carboxylic acids is 1. The van der Waals surface area contributed by atoms with Crippen molar-refractivity contribution in [2.45, 2.75) is 6.54 Å². The van der Waals surface area contributed by atoms with Crippen molar-refractivity contribution in [2.75, 3.05) is 13.4 Å². The predicted octanol–water partition coefficient (Wildman–Crippen LogP) is 4.63. The molecule has 31 heavy (non-hydrogen) atoms. The molecule has 7 nitrogen and oxygen atoms in total. The summed E-state index contributed by atoms with van der Waals surface area (Å²) >= 11 is 12.7. The number of hydrogen-bond acceptors (Lipinski definition) is 5. The number of rotatable bonds is 2. The summed E-state index contributed by atoms with van der Waals surface area (Å²) in [6, 6.07) is 13.2. The fourth-order valence-electron chi connectivity index (χ4n) is 3.22. The number of aliphatic imine (C=N–C) groups is 1. The van der Waals surface area contributed by atoms with E-state index in [1.807, 2.05) is 42.5 Å². The molecule has 1 aliphatic heterocycles. The third-order valence-corrected chi connectivity index (χ3v) is 4.99. The molecular weight excluding hydrogens is 463 g/mol. The Hall–Kier alpha value is -2.65. The molecule has 162 valence electrons. The van der Waals surface area contributed by atoms with E-state index in [2.05, 4.69) is 4.98 Å². The number of benzene rings is 2. The van der Waals surface area contributed by atoms with Gasteiger partial charge in [-0.05, 0) is 23.8 Å². The fraction of sp³-hybridized carbons (Fsp3) is 0.143. The van der Waals surface area contributed by atoms with Crippen LogP contribution in [-0.4, -0.2) is 43.0 Å². The molecule has 0 saturated heterocycles. The standard InChI is InChI=1S/C20H14Cl2N2O2.CH4O3S/c1-26-20(25)19-16-10-23-18(13-4-2-3-5-17(13)22)14-8-11(21)6-7-12(14)15(16)9-24-19;1-5(2,3)4/h2-9,24H,10H2,1H3;1H3,(H,2,3,4). The topological polar surface area (TPSA) is 109 Å². The lowest BCUT2D eigenvalue weighted by Gasteiger charge is -2.12. The molecule has 3 aromatic rings. The van der Waals surface area contributed by atoms with Crippen molar-refractivity contribution in [1.29, 1.82) is 0 Å². The normalized spacial score (nSPS) is 12.5. The van der Waals surface area contributed by atoms with Gasteiger partial charge >= 0.3 is 5.97 Å². The maximum Gasteiger partial charge on any atom is 0.354 e. The monoisotopic (exact) mass is 480 g/mol. The molecule has 4 rings (SSSR count). The highest BCUT2D eigenvalue weighted by Crippen LogP contribution is 2.36. The molecule has 0 fully saturated rings. The number of methoxy groups -OCH3 is 1. The van der Waals surface area contributed by atoms with Crippen molar-refractivity contribution in [3.05, 3.63) is 81.1 Å². The van der Waals surface area contributed by atoms with Gasteiger partial charge in [0.25, 0.3) is 10.1 Å². The van der Waals surface area contributed by atoms with Gasteiger partial charge < -0.3 is 9.72 Å². The first-order valence-corrected chi connectivity index (χ1v) is 11.5. The van der Waals surface area contributed by atoms with Gasteiger partial charge in [-0.15, -0.1) is 0 Å². The molecule has 0 saturated carbocycles. The number of nitrogens with zero attached hydrogens (tertiary/aromatic N) is 1. The van der Waals surface area contributed by atoms with Crippen LogP contribution >= 0.6 is 23.2 Å². The van der Waals surface area contributed by atoms with E-state index in [0.717, 1.165) is 33.5 Å². The fourth-order valence-corrected chi connectivity index (χ4v) is 3.61. The molecular formula is C21H18Cl2N2O5S. The van der Waals surface area contributed by atoms with Crippen LogP contribution in [0.3, 0.4) is 0 Å². The van der Waals surface area contributed by atoms with E-state index in [9.17, 15) is 13.2 Å². The SMILES string of the molecule is COC(=O)c1[nH]cc2c1CN=C(c1ccccc1Cl)c1cc(Cl)ccc1-2.CS(=O)(=O)O. The van der Waals surface area contributed by atoms with Gasteiger partial charge in [-0.2, -0.15) is 8.42 Å². The van der Waals surface area contributed by atoms with Crippen LogP contribution in [0, 0.1) is 0 Å². The lowest BCUT2D eigenvalue weighted by Crippen LogP contribution is -2.06. The number of nitrogens with one attached hydrogen (secondary N) is 1. The quantitative estimate of drug-likeness (QED) is 0.410. The van der Waals surface area contributed by atoms with Gasteiger partial charge in [-0.25, -0.2) is 4.79 Å². The summed E-state index contributed by atoms with van der Waals surface area (Å²) in [6.45, 7) is 0.329. The third-order valence-electron chi connectivity index (χ3n) is 4.43. The van der Waals surface area contributed by atoms with Crippen LogP contribution < -0.4 is 0 Å². The number of halogens is 2. The van der Waals surface area contributed by atoms with Crippen molar-refractivity contribution in [2.24, 2.45) is 4.99 Å². The Balaban J connectivity index is 0.000000491. The summed E-state index contributed by atoms with van der Waals surface area (Å²) in [4.78, 5) is 19.9. The number of carbonyl (C=O) groups is 1. The first-order valence-electron chi connectivity index (χ1n) is 8.90. The molecule has 0 unspecified atom stereocenters. The van der Waals surface area contributed by atoms with Crippen molar-refractivity contribution in [3.63, 3.8) is 0 Å². The Kier molecular flexibility index (Phi) is 6.86. The van der Waals surface area contributed by atoms with Crippen LogP contribution in [0.5, 0.6) is 0 Å². The molecule has 0 aliphatic carbocycles. The molecule has 0 spiro atoms. The molecule has 1 aromatic heterocycles. The van der Waals surface area contributed by atoms with Crippen molar-refractivity contribution in [3.8, 4) is 11.1 Å². The Bertz CT molecular complexity index is 1270. The summed E-state index contributed by atoms with van der Waals surface area (Å²) in [6.07, 6.45) is 2.52. The third kappa shape index (κ3) is 5.34. The second-order valence-corrected chi connectivity index (χ2v) is 8.92. The predicted molar refractivity (Wildman–Crippen MR) is 121 cm³/mol. The molecule has 2 heterocycles. The van der Waals surface area contributed by atoms with Gasteiger partial charge in [0.05, 0.1) is 25.6 Å². The summed E-state index contributed by atoms with van der Waals surface area (Å²) in [5.74, 6) is -0.418. The number of aromatic amines is 1. The first kappa shape index (κ1) is 23.0. The van der Waals surface area contributed by atoms with Gasteiger partial charge in [0.1, 0.15) is 5.69 Å². The Morgan fingerprint density at radius 2 is 1.77 bits per heavy atom. The molecule has 2 N–H and O–H groups in total. The number of esters is 1. The maximum atomic E-state index is 12.1. The van der Waals surface area contributed by atoms with Crippen LogP contribution in [0.4, 0.5) is 0 Å². The highest BCUT2D eigenvalue weighted by atomic mass is 35.5. The summed E-state index contributed by atoms with van der Waals surface area (Å²) in [7, 11) is -2.31. The van der Waals surface area contributed by atoms with Crippen molar-refractivity contribution < 1.29 is 22.5 Å². The van der Waals surface area contributed by atoms with Gasteiger partial charge in [0.15, 0.2) is 0 Å². The average molecular weight is 481 g/mol. The first-order chi connectivity index (χ1) is 14.6. The zero-order valence-corrected chi connectivity index (χ0v) is 18.8. The van der Waals surface area contributed by atoms with Crippen LogP contribution in [-0.2, 0) is 21.4 Å². The molecule has 2 aromatic carbocycles. The summed E-state index contributed by atoms with van der Waals surface area (Å²) in [5, 5.41) is 1.22. The second kappa shape index (κ2) is 9.23. The number of ether oxygens (including phenoxy) is 1. The summed E-state index contributed by atoms with van der Waals surface area (Å²) < 4.78 is 30.7. The molecule has 0 bridgehead atoms. The minimum absolute atomic E-state index is 0.329. The molecule has 0 atom stereocenters. The lowest BCUT2D eigenvalue weighted by atomic mass is 9.93. The van der Waals surface area contributed by atoms with Gasteiger partial charge in [0.2, 0.25) is 0 Å². The van der Waals surface area contributed by atoms with Crippen LogP contribution in [0.15, 0.2) is 53.7 Å². The van der Waals surface area contributed by atoms with Gasteiger partial charge in [0, 0.05) is 38.5 Å². The van der Waals surface area contributed by atoms with E-state index in [1.165, 1.54) is 7.11 Å². The Labute approximate surface area is 189 Å². The summed E-state index contributed by atoms with van der Waals surface area (Å²) in [5.41, 5.74) is 5.50. The number of fused-ring (bicyclic) bond motifs is 3. The second-order valence-electron chi connectivity index (χ2n) is 6.62. The van der Waals surface area contributed by atoms with E-state index in [4.69, 9.17) is 37.5 Å². The van der Waals surface area contributed by atoms with E-state index in [0.29, 0.717) is 28.5 Å². The largest absolute Gasteiger partial charge is 0.464 e. The van der Waals surface area contributed by atoms with Gasteiger partial charge in [-0.3, -0.25) is 9.55 Å². The lowest BCUT2D eigenvalue weighted by molar-refractivity contribution is 0.0593. The maximum absolute atomic E-state index is 12.1. The van der Waals surface area contributed by atoms with E-state index >= 15 is 0 Å². The molecule has 1 aliphatic rings. The molecule has 0 radical (unpaired) electrons. The number of H-pyrrole nitrogens is 1. The zero-order chi connectivity index (χ0) is 22.8. The molecule has 10 heteroatoms. The van der Waals surface area contributed by atoms with E-state index < -0.39 is 16.1 Å². The van der Waals surface area contributed by atoms with Crippen molar-refractivity contribution in [1.82, 2.24) is 4.98 Å². The highest BCUT2D eigenvalue weighted by molar-refractivity contribution is 7.85. The van der Waals surface area contributed by atoms with Gasteiger partial charge in [-0.1, -0.05) is 47.5 Å².